The fourth-order valence-electron chi connectivity index (χ4n) is 3.65. The van der Waals surface area contributed by atoms with Gasteiger partial charge in [0.2, 0.25) is 0 Å². The Morgan fingerprint density at radius 2 is 1.84 bits per heavy atom. The first-order valence-corrected chi connectivity index (χ1v) is 12.1. The summed E-state index contributed by atoms with van der Waals surface area (Å²) in [5.74, 6) is 2.37. The predicted molar refractivity (Wildman–Crippen MR) is 128 cm³/mol. The highest BCUT2D eigenvalue weighted by atomic mass is 32.2. The third kappa shape index (κ3) is 5.49. The van der Waals surface area contributed by atoms with Gasteiger partial charge in [-0.05, 0) is 25.6 Å². The molecule has 0 atom stereocenters. The minimum absolute atomic E-state index is 0.195. The number of carbonyl (C=O) groups excluding carboxylic acids is 1. The van der Waals surface area contributed by atoms with Crippen LogP contribution < -0.4 is 10.2 Å². The molecule has 1 saturated heterocycles. The number of nitrogens with one attached hydrogen (secondary N) is 1. The number of anilines is 1. The van der Waals surface area contributed by atoms with Crippen molar-refractivity contribution in [1.29, 1.82) is 0 Å². The molecular formula is C24H29N5O2S. The molecule has 0 unspecified atom stereocenters. The van der Waals surface area contributed by atoms with Crippen molar-refractivity contribution in [3.63, 3.8) is 0 Å². The summed E-state index contributed by atoms with van der Waals surface area (Å²) in [4.78, 5) is 26.4. The molecule has 1 aliphatic rings. The van der Waals surface area contributed by atoms with E-state index in [1.807, 2.05) is 31.2 Å². The zero-order chi connectivity index (χ0) is 22.3. The Balaban J connectivity index is 1.54. The summed E-state index contributed by atoms with van der Waals surface area (Å²) in [6.45, 7) is 9.73. The van der Waals surface area contributed by atoms with Crippen LogP contribution in [-0.4, -0.2) is 60.0 Å². The van der Waals surface area contributed by atoms with Crippen LogP contribution in [0, 0.1) is 0 Å². The van der Waals surface area contributed by atoms with E-state index in [1.165, 1.54) is 11.8 Å². The van der Waals surface area contributed by atoms with E-state index in [0.29, 0.717) is 23.2 Å². The van der Waals surface area contributed by atoms with Crippen molar-refractivity contribution in [2.45, 2.75) is 24.8 Å². The van der Waals surface area contributed by atoms with Gasteiger partial charge in [0.05, 0.1) is 11.4 Å². The second kappa shape index (κ2) is 10.7. The maximum atomic E-state index is 12.0. The minimum atomic E-state index is -0.195. The van der Waals surface area contributed by atoms with Crippen LogP contribution in [0.4, 0.5) is 5.82 Å². The van der Waals surface area contributed by atoms with Crippen LogP contribution in [0.25, 0.3) is 11.3 Å². The molecule has 32 heavy (non-hydrogen) atoms. The molecule has 1 amide bonds. The number of rotatable bonds is 8. The molecule has 3 heterocycles. The van der Waals surface area contributed by atoms with E-state index in [2.05, 4.69) is 40.2 Å². The van der Waals surface area contributed by atoms with Gasteiger partial charge >= 0.3 is 0 Å². The average molecular weight is 452 g/mol. The van der Waals surface area contributed by atoms with E-state index in [-0.39, 0.29) is 5.91 Å². The number of piperazine rings is 1. The SMILES string of the molecule is CCNC(=O)c1ccc(CSc2nc(-c3ccccc3)cc(N3CCN(CC)CC3)n2)o1. The van der Waals surface area contributed by atoms with Crippen molar-refractivity contribution in [2.24, 2.45) is 0 Å². The maximum Gasteiger partial charge on any atom is 0.286 e. The largest absolute Gasteiger partial charge is 0.455 e. The molecule has 168 valence electrons. The smallest absolute Gasteiger partial charge is 0.286 e. The quantitative estimate of drug-likeness (QED) is 0.411. The Labute approximate surface area is 193 Å². The van der Waals surface area contributed by atoms with E-state index < -0.39 is 0 Å². The van der Waals surface area contributed by atoms with Gasteiger partial charge in [-0.15, -0.1) is 0 Å². The fraction of sp³-hybridized carbons (Fsp3) is 0.375. The standard InChI is InChI=1S/C24H29N5O2S/c1-3-25-23(30)21-11-10-19(31-21)17-32-24-26-20(18-8-6-5-7-9-18)16-22(27-24)29-14-12-28(4-2)13-15-29/h5-11,16H,3-4,12-15,17H2,1-2H3,(H,25,30). The Kier molecular flexibility index (Phi) is 7.44. The van der Waals surface area contributed by atoms with Gasteiger partial charge < -0.3 is 19.5 Å². The lowest BCUT2D eigenvalue weighted by atomic mass is 10.1. The van der Waals surface area contributed by atoms with Crippen LogP contribution >= 0.6 is 11.8 Å². The Hall–Kier alpha value is -2.84. The predicted octanol–water partition coefficient (Wildman–Crippen LogP) is 3.92. The Bertz CT molecular complexity index is 1030. The van der Waals surface area contributed by atoms with Gasteiger partial charge in [0, 0.05) is 44.4 Å². The highest BCUT2D eigenvalue weighted by molar-refractivity contribution is 7.98. The average Bonchev–Trinajstić information content (AvgIpc) is 3.33. The van der Waals surface area contributed by atoms with Crippen LogP contribution in [0.5, 0.6) is 0 Å². The molecule has 0 radical (unpaired) electrons. The number of nitrogens with zero attached hydrogens (tertiary/aromatic N) is 4. The van der Waals surface area contributed by atoms with Crippen LogP contribution in [0.3, 0.4) is 0 Å². The Morgan fingerprint density at radius 1 is 1.06 bits per heavy atom. The highest BCUT2D eigenvalue weighted by Crippen LogP contribution is 2.28. The summed E-state index contributed by atoms with van der Waals surface area (Å²) in [6.07, 6.45) is 0. The number of likely N-dealkylation sites (N-methyl/N-ethyl adjacent to an activating group) is 1. The molecule has 4 rings (SSSR count). The molecule has 0 bridgehead atoms. The number of furan rings is 1. The van der Waals surface area contributed by atoms with Crippen LogP contribution in [-0.2, 0) is 5.75 Å². The topological polar surface area (TPSA) is 74.5 Å². The third-order valence-electron chi connectivity index (χ3n) is 5.47. The highest BCUT2D eigenvalue weighted by Gasteiger charge is 2.19. The van der Waals surface area contributed by atoms with E-state index >= 15 is 0 Å². The van der Waals surface area contributed by atoms with Crippen LogP contribution in [0.1, 0.15) is 30.2 Å². The minimum Gasteiger partial charge on any atom is -0.455 e. The van der Waals surface area contributed by atoms with Gasteiger partial charge in [0.25, 0.3) is 5.91 Å². The molecule has 7 nitrogen and oxygen atoms in total. The first-order chi connectivity index (χ1) is 15.7. The number of thioether (sulfide) groups is 1. The molecule has 3 aromatic rings. The van der Waals surface area contributed by atoms with Gasteiger partial charge in [0.15, 0.2) is 10.9 Å². The fourth-order valence-corrected chi connectivity index (χ4v) is 4.40. The lowest BCUT2D eigenvalue weighted by molar-refractivity contribution is 0.0927. The monoisotopic (exact) mass is 451 g/mol. The molecule has 1 fully saturated rings. The molecule has 1 aliphatic heterocycles. The zero-order valence-electron chi connectivity index (χ0n) is 18.6. The van der Waals surface area contributed by atoms with Gasteiger partial charge in [-0.1, -0.05) is 49.0 Å². The van der Waals surface area contributed by atoms with Crippen molar-refractivity contribution in [1.82, 2.24) is 20.2 Å². The first-order valence-electron chi connectivity index (χ1n) is 11.1. The number of benzene rings is 1. The Morgan fingerprint density at radius 3 is 2.56 bits per heavy atom. The first kappa shape index (κ1) is 22.4. The third-order valence-corrected chi connectivity index (χ3v) is 6.34. The molecule has 1 aromatic carbocycles. The van der Waals surface area contributed by atoms with E-state index in [0.717, 1.165) is 55.6 Å². The summed E-state index contributed by atoms with van der Waals surface area (Å²) < 4.78 is 5.70. The van der Waals surface area contributed by atoms with Crippen molar-refractivity contribution in [3.8, 4) is 11.3 Å². The maximum absolute atomic E-state index is 12.0. The van der Waals surface area contributed by atoms with Crippen LogP contribution in [0.2, 0.25) is 0 Å². The summed E-state index contributed by atoms with van der Waals surface area (Å²) in [5, 5.41) is 3.46. The van der Waals surface area contributed by atoms with E-state index in [9.17, 15) is 4.79 Å². The second-order valence-corrected chi connectivity index (χ2v) is 8.54. The molecule has 8 heteroatoms. The van der Waals surface area contributed by atoms with Gasteiger partial charge in [-0.25, -0.2) is 9.97 Å². The second-order valence-electron chi connectivity index (χ2n) is 7.60. The molecule has 1 N–H and O–H groups in total. The van der Waals surface area contributed by atoms with Crippen molar-refractivity contribution < 1.29 is 9.21 Å². The number of carbonyl (C=O) groups is 1. The normalized spacial score (nSPS) is 14.5. The molecule has 0 spiro atoms. The summed E-state index contributed by atoms with van der Waals surface area (Å²) in [7, 11) is 0. The molecule has 0 saturated carbocycles. The van der Waals surface area contributed by atoms with E-state index in [1.54, 1.807) is 6.07 Å². The van der Waals surface area contributed by atoms with Gasteiger partial charge in [-0.3, -0.25) is 4.79 Å². The van der Waals surface area contributed by atoms with Crippen molar-refractivity contribution in [3.05, 3.63) is 60.1 Å². The number of aromatic nitrogens is 2. The van der Waals surface area contributed by atoms with E-state index in [4.69, 9.17) is 14.4 Å². The molecular weight excluding hydrogens is 422 g/mol. The lowest BCUT2D eigenvalue weighted by Crippen LogP contribution is -2.46. The summed E-state index contributed by atoms with van der Waals surface area (Å²) in [6, 6.07) is 15.8. The molecule has 2 aromatic heterocycles. The zero-order valence-corrected chi connectivity index (χ0v) is 19.4. The van der Waals surface area contributed by atoms with Gasteiger partial charge in [-0.2, -0.15) is 0 Å². The van der Waals surface area contributed by atoms with Crippen molar-refractivity contribution >= 4 is 23.5 Å². The number of hydrogen-bond donors (Lipinski definition) is 1. The van der Waals surface area contributed by atoms with Gasteiger partial charge in [0.1, 0.15) is 11.6 Å². The number of hydrogen-bond acceptors (Lipinski definition) is 7. The van der Waals surface area contributed by atoms with Crippen LogP contribution in [0.15, 0.2) is 58.1 Å². The summed E-state index contributed by atoms with van der Waals surface area (Å²) >= 11 is 1.52. The lowest BCUT2D eigenvalue weighted by Gasteiger charge is -2.35. The number of amides is 1. The summed E-state index contributed by atoms with van der Waals surface area (Å²) in [5.41, 5.74) is 1.99. The molecule has 0 aliphatic carbocycles. The van der Waals surface area contributed by atoms with Crippen molar-refractivity contribution in [2.75, 3.05) is 44.2 Å².